The first-order valence-electron chi connectivity index (χ1n) is 10.4. The van der Waals surface area contributed by atoms with Crippen LogP contribution < -0.4 is 9.80 Å². The minimum atomic E-state index is 0.795. The van der Waals surface area contributed by atoms with Gasteiger partial charge in [-0.2, -0.15) is 0 Å². The molecule has 0 unspecified atom stereocenters. The van der Waals surface area contributed by atoms with E-state index in [4.69, 9.17) is 9.97 Å². The van der Waals surface area contributed by atoms with E-state index in [9.17, 15) is 0 Å². The van der Waals surface area contributed by atoms with Crippen molar-refractivity contribution in [3.63, 3.8) is 0 Å². The van der Waals surface area contributed by atoms with E-state index < -0.39 is 0 Å². The van der Waals surface area contributed by atoms with E-state index in [1.54, 1.807) is 0 Å². The number of anilines is 2. The molecule has 4 rings (SSSR count). The van der Waals surface area contributed by atoms with Gasteiger partial charge in [-0.1, -0.05) is 60.7 Å². The summed E-state index contributed by atoms with van der Waals surface area (Å²) in [6.07, 6.45) is 0. The van der Waals surface area contributed by atoms with Crippen molar-refractivity contribution in [1.82, 2.24) is 14.9 Å². The average Bonchev–Trinajstić information content (AvgIpc) is 2.79. The molecule has 0 atom stereocenters. The summed E-state index contributed by atoms with van der Waals surface area (Å²) in [5.41, 5.74) is 2.34. The number of aromatic nitrogens is 2. The van der Waals surface area contributed by atoms with Gasteiger partial charge in [-0.05, 0) is 19.5 Å². The van der Waals surface area contributed by atoms with E-state index in [0.29, 0.717) is 0 Å². The highest BCUT2D eigenvalue weighted by atomic mass is 15.3. The lowest BCUT2D eigenvalue weighted by molar-refractivity contribution is 0.312. The Morgan fingerprint density at radius 3 is 2.17 bits per heavy atom. The number of hydrogen-bond acceptors (Lipinski definition) is 5. The van der Waals surface area contributed by atoms with Gasteiger partial charge in [0.05, 0.1) is 0 Å². The van der Waals surface area contributed by atoms with Crippen LogP contribution >= 0.6 is 0 Å². The van der Waals surface area contributed by atoms with E-state index in [0.717, 1.165) is 62.3 Å². The molecule has 0 N–H and O–H groups in total. The summed E-state index contributed by atoms with van der Waals surface area (Å²) < 4.78 is 0. The summed E-state index contributed by atoms with van der Waals surface area (Å²) in [5.74, 6) is 2.80. The zero-order chi connectivity index (χ0) is 20.1. The highest BCUT2D eigenvalue weighted by Gasteiger charge is 2.19. The van der Waals surface area contributed by atoms with Crippen molar-refractivity contribution in [3.8, 4) is 11.4 Å². The van der Waals surface area contributed by atoms with E-state index in [1.165, 1.54) is 5.56 Å². The normalized spacial score (nSPS) is 14.8. The predicted octanol–water partition coefficient (Wildman–Crippen LogP) is 3.92. The molecule has 1 aliphatic rings. The maximum absolute atomic E-state index is 4.96. The Morgan fingerprint density at radius 2 is 1.52 bits per heavy atom. The van der Waals surface area contributed by atoms with Crippen LogP contribution in [0, 0.1) is 0 Å². The van der Waals surface area contributed by atoms with E-state index in [2.05, 4.69) is 77.2 Å². The first-order valence-corrected chi connectivity index (χ1v) is 10.4. The molecule has 3 aromatic rings. The maximum atomic E-state index is 4.96. The molecule has 2 heterocycles. The van der Waals surface area contributed by atoms with Crippen LogP contribution in [0.4, 0.5) is 11.6 Å². The molecule has 29 heavy (non-hydrogen) atoms. The zero-order valence-corrected chi connectivity index (χ0v) is 17.3. The first kappa shape index (κ1) is 19.4. The molecule has 2 aromatic carbocycles. The summed E-state index contributed by atoms with van der Waals surface area (Å²) in [4.78, 5) is 17.0. The van der Waals surface area contributed by atoms with Gasteiger partial charge < -0.3 is 14.7 Å². The Morgan fingerprint density at radius 1 is 0.862 bits per heavy atom. The lowest BCUT2D eigenvalue weighted by Gasteiger charge is -2.34. The van der Waals surface area contributed by atoms with Gasteiger partial charge in [0.2, 0.25) is 0 Å². The molecule has 0 aliphatic carbocycles. The van der Waals surface area contributed by atoms with Gasteiger partial charge in [0.25, 0.3) is 0 Å². The lowest BCUT2D eigenvalue weighted by atomic mass is 10.2. The molecule has 1 aliphatic heterocycles. The molecule has 0 spiro atoms. The highest BCUT2D eigenvalue weighted by Crippen LogP contribution is 2.26. The Kier molecular flexibility index (Phi) is 6.06. The van der Waals surface area contributed by atoms with Crippen LogP contribution in [0.3, 0.4) is 0 Å². The van der Waals surface area contributed by atoms with Gasteiger partial charge in [0, 0.05) is 50.9 Å². The molecular weight excluding hydrogens is 358 g/mol. The van der Waals surface area contributed by atoms with Crippen LogP contribution in [0.1, 0.15) is 12.5 Å². The molecule has 0 radical (unpaired) electrons. The van der Waals surface area contributed by atoms with Crippen molar-refractivity contribution in [2.75, 3.05) is 49.6 Å². The topological polar surface area (TPSA) is 35.5 Å². The number of likely N-dealkylation sites (N-methyl/N-ethyl adjacent to an activating group) is 1. The van der Waals surface area contributed by atoms with Gasteiger partial charge in [0.15, 0.2) is 5.82 Å². The maximum Gasteiger partial charge on any atom is 0.163 e. The van der Waals surface area contributed by atoms with Crippen molar-refractivity contribution >= 4 is 11.6 Å². The summed E-state index contributed by atoms with van der Waals surface area (Å²) >= 11 is 0. The van der Waals surface area contributed by atoms with E-state index >= 15 is 0 Å². The lowest BCUT2D eigenvalue weighted by Crippen LogP contribution is -2.45. The van der Waals surface area contributed by atoms with Crippen LogP contribution in [0.5, 0.6) is 0 Å². The van der Waals surface area contributed by atoms with Crippen molar-refractivity contribution in [2.45, 2.75) is 13.5 Å². The molecule has 0 saturated carbocycles. The quantitative estimate of drug-likeness (QED) is 0.641. The standard InChI is InChI=1S/C24H29N5/c1-3-28(19-20-10-6-4-7-11-20)22-18-23(29-16-14-27(2)15-17-29)26-24(25-22)21-12-8-5-9-13-21/h4-13,18H,3,14-17,19H2,1-2H3. The molecular formula is C24H29N5. The number of nitrogens with zero attached hydrogens (tertiary/aromatic N) is 5. The van der Waals surface area contributed by atoms with Crippen LogP contribution in [0.15, 0.2) is 66.7 Å². The minimum absolute atomic E-state index is 0.795. The first-order chi connectivity index (χ1) is 14.2. The van der Waals surface area contributed by atoms with E-state index in [1.807, 2.05) is 18.2 Å². The number of hydrogen-bond donors (Lipinski definition) is 0. The number of rotatable bonds is 6. The van der Waals surface area contributed by atoms with Crippen molar-refractivity contribution in [1.29, 1.82) is 0 Å². The Hall–Kier alpha value is -2.92. The Bertz CT molecular complexity index is 905. The van der Waals surface area contributed by atoms with Crippen LogP contribution in [0.2, 0.25) is 0 Å². The molecule has 5 nitrogen and oxygen atoms in total. The molecule has 1 saturated heterocycles. The fraction of sp³-hybridized carbons (Fsp3) is 0.333. The molecule has 0 amide bonds. The van der Waals surface area contributed by atoms with Crippen LogP contribution in [-0.4, -0.2) is 54.6 Å². The van der Waals surface area contributed by atoms with Crippen molar-refractivity contribution in [2.24, 2.45) is 0 Å². The van der Waals surface area contributed by atoms with Gasteiger partial charge in [-0.15, -0.1) is 0 Å². The number of benzene rings is 2. The third kappa shape index (κ3) is 4.74. The van der Waals surface area contributed by atoms with Gasteiger partial charge in [0.1, 0.15) is 11.6 Å². The van der Waals surface area contributed by atoms with Crippen LogP contribution in [0.25, 0.3) is 11.4 Å². The van der Waals surface area contributed by atoms with Gasteiger partial charge >= 0.3 is 0 Å². The summed E-state index contributed by atoms with van der Waals surface area (Å²) in [5, 5.41) is 0. The molecule has 1 fully saturated rings. The minimum Gasteiger partial charge on any atom is -0.354 e. The molecule has 1 aromatic heterocycles. The molecule has 5 heteroatoms. The fourth-order valence-corrected chi connectivity index (χ4v) is 3.66. The second-order valence-electron chi connectivity index (χ2n) is 7.56. The number of piperazine rings is 1. The van der Waals surface area contributed by atoms with Crippen molar-refractivity contribution < 1.29 is 0 Å². The zero-order valence-electron chi connectivity index (χ0n) is 17.3. The smallest absolute Gasteiger partial charge is 0.163 e. The van der Waals surface area contributed by atoms with Gasteiger partial charge in [-0.25, -0.2) is 9.97 Å². The fourth-order valence-electron chi connectivity index (χ4n) is 3.66. The predicted molar refractivity (Wildman–Crippen MR) is 120 cm³/mol. The highest BCUT2D eigenvalue weighted by molar-refractivity contribution is 5.62. The second kappa shape index (κ2) is 9.05. The summed E-state index contributed by atoms with van der Waals surface area (Å²) in [6.45, 7) is 8.01. The van der Waals surface area contributed by atoms with Crippen molar-refractivity contribution in [3.05, 3.63) is 72.3 Å². The van der Waals surface area contributed by atoms with E-state index in [-0.39, 0.29) is 0 Å². The Balaban J connectivity index is 1.70. The van der Waals surface area contributed by atoms with Gasteiger partial charge in [-0.3, -0.25) is 0 Å². The summed E-state index contributed by atoms with van der Waals surface area (Å²) in [7, 11) is 2.18. The SMILES string of the molecule is CCN(Cc1ccccc1)c1cc(N2CCN(C)CC2)nc(-c2ccccc2)n1. The summed E-state index contributed by atoms with van der Waals surface area (Å²) in [6, 6.07) is 23.0. The Labute approximate surface area is 173 Å². The largest absolute Gasteiger partial charge is 0.354 e. The molecule has 0 bridgehead atoms. The van der Waals surface area contributed by atoms with Crippen LogP contribution in [-0.2, 0) is 6.54 Å². The third-order valence-electron chi connectivity index (χ3n) is 5.48. The second-order valence-corrected chi connectivity index (χ2v) is 7.56. The average molecular weight is 388 g/mol. The monoisotopic (exact) mass is 387 g/mol. The molecule has 150 valence electrons. The third-order valence-corrected chi connectivity index (χ3v) is 5.48.